The first-order valence-electron chi connectivity index (χ1n) is 9.02. The second-order valence-electron chi connectivity index (χ2n) is 6.92. The molecule has 140 valence electrons. The minimum Gasteiger partial charge on any atom is -0.340 e. The number of piperazine rings is 1. The normalized spacial score (nSPS) is 15.4. The summed E-state index contributed by atoms with van der Waals surface area (Å²) in [6.45, 7) is 4.05. The van der Waals surface area contributed by atoms with Crippen LogP contribution in [-0.4, -0.2) is 51.9 Å². The molecule has 1 amide bonds. The van der Waals surface area contributed by atoms with Gasteiger partial charge in [0, 0.05) is 37.7 Å². The number of fused-ring (bicyclic) bond motifs is 1. The zero-order chi connectivity index (χ0) is 18.8. The quantitative estimate of drug-likeness (QED) is 0.725. The second-order valence-corrected chi connectivity index (χ2v) is 7.36. The molecular formula is C20H21ClN4O2. The Morgan fingerprint density at radius 3 is 2.33 bits per heavy atom. The fraction of sp³-hybridized carbons (Fsp3) is 0.300. The summed E-state index contributed by atoms with van der Waals surface area (Å²) in [4.78, 5) is 33.7. The number of carbonyl (C=O) groups is 1. The third-order valence-corrected chi connectivity index (χ3v) is 5.23. The number of aromatic nitrogens is 2. The summed E-state index contributed by atoms with van der Waals surface area (Å²) in [5.41, 5.74) is 3.40. The van der Waals surface area contributed by atoms with Gasteiger partial charge in [-0.1, -0.05) is 29.8 Å². The molecule has 0 aliphatic carbocycles. The number of rotatable bonds is 4. The Kier molecular flexibility index (Phi) is 5.01. The van der Waals surface area contributed by atoms with Crippen LogP contribution in [0, 0.1) is 0 Å². The van der Waals surface area contributed by atoms with Gasteiger partial charge in [-0.05, 0) is 35.4 Å². The van der Waals surface area contributed by atoms with Gasteiger partial charge in [0.05, 0.1) is 17.5 Å². The molecular weight excluding hydrogens is 364 g/mol. The molecule has 27 heavy (non-hydrogen) atoms. The Morgan fingerprint density at radius 2 is 1.59 bits per heavy atom. The summed E-state index contributed by atoms with van der Waals surface area (Å²) in [6.07, 6.45) is 0.348. The van der Waals surface area contributed by atoms with Crippen LogP contribution in [0.2, 0.25) is 5.02 Å². The van der Waals surface area contributed by atoms with Crippen molar-refractivity contribution in [3.8, 4) is 0 Å². The highest BCUT2D eigenvalue weighted by atomic mass is 35.5. The van der Waals surface area contributed by atoms with E-state index in [1.807, 2.05) is 47.4 Å². The largest absolute Gasteiger partial charge is 0.340 e. The fourth-order valence-electron chi connectivity index (χ4n) is 3.48. The van der Waals surface area contributed by atoms with Crippen LogP contribution in [0.15, 0.2) is 47.3 Å². The van der Waals surface area contributed by atoms with Crippen LogP contribution in [0.3, 0.4) is 0 Å². The number of carbonyl (C=O) groups excluding carboxylic acids is 1. The molecule has 1 fully saturated rings. The molecule has 0 radical (unpaired) electrons. The lowest BCUT2D eigenvalue weighted by atomic mass is 10.1. The van der Waals surface area contributed by atoms with Gasteiger partial charge >= 0.3 is 5.69 Å². The van der Waals surface area contributed by atoms with E-state index in [0.717, 1.165) is 54.3 Å². The van der Waals surface area contributed by atoms with Crippen molar-refractivity contribution in [2.24, 2.45) is 0 Å². The molecule has 3 aromatic rings. The Balaban J connectivity index is 1.32. The lowest BCUT2D eigenvalue weighted by Gasteiger charge is -2.34. The van der Waals surface area contributed by atoms with E-state index in [9.17, 15) is 9.59 Å². The van der Waals surface area contributed by atoms with Gasteiger partial charge < -0.3 is 14.9 Å². The molecule has 4 rings (SSSR count). The van der Waals surface area contributed by atoms with E-state index in [4.69, 9.17) is 11.6 Å². The highest BCUT2D eigenvalue weighted by molar-refractivity contribution is 6.30. The second kappa shape index (κ2) is 7.58. The zero-order valence-corrected chi connectivity index (χ0v) is 15.6. The van der Waals surface area contributed by atoms with Crippen LogP contribution >= 0.6 is 11.6 Å². The molecule has 0 saturated carbocycles. The van der Waals surface area contributed by atoms with Crippen LogP contribution in [0.5, 0.6) is 0 Å². The van der Waals surface area contributed by atoms with Crippen molar-refractivity contribution in [1.82, 2.24) is 19.8 Å². The van der Waals surface area contributed by atoms with Crippen molar-refractivity contribution < 1.29 is 4.79 Å². The summed E-state index contributed by atoms with van der Waals surface area (Å²) < 4.78 is 0. The minimum absolute atomic E-state index is 0.123. The van der Waals surface area contributed by atoms with Gasteiger partial charge in [0.15, 0.2) is 0 Å². The van der Waals surface area contributed by atoms with E-state index < -0.39 is 0 Å². The first-order valence-corrected chi connectivity index (χ1v) is 9.40. The smallest absolute Gasteiger partial charge is 0.323 e. The molecule has 6 nitrogen and oxygen atoms in total. The van der Waals surface area contributed by atoms with Crippen molar-refractivity contribution in [1.29, 1.82) is 0 Å². The van der Waals surface area contributed by atoms with E-state index >= 15 is 0 Å². The molecule has 0 unspecified atom stereocenters. The van der Waals surface area contributed by atoms with Crippen molar-refractivity contribution >= 4 is 28.5 Å². The van der Waals surface area contributed by atoms with Gasteiger partial charge in [-0.2, -0.15) is 0 Å². The number of hydrogen-bond donors (Lipinski definition) is 2. The molecule has 2 N–H and O–H groups in total. The molecule has 1 aliphatic rings. The van der Waals surface area contributed by atoms with Gasteiger partial charge in [-0.15, -0.1) is 0 Å². The van der Waals surface area contributed by atoms with E-state index in [1.54, 1.807) is 0 Å². The number of nitrogens with one attached hydrogen (secondary N) is 2. The maximum absolute atomic E-state index is 12.6. The first kappa shape index (κ1) is 17.8. The van der Waals surface area contributed by atoms with Gasteiger partial charge in [0.2, 0.25) is 5.91 Å². The summed E-state index contributed by atoms with van der Waals surface area (Å²) in [5.74, 6) is 0.123. The lowest BCUT2D eigenvalue weighted by molar-refractivity contribution is -0.132. The number of hydrogen-bond acceptors (Lipinski definition) is 3. The predicted molar refractivity (Wildman–Crippen MR) is 106 cm³/mol. The highest BCUT2D eigenvalue weighted by Crippen LogP contribution is 2.15. The van der Waals surface area contributed by atoms with Crippen molar-refractivity contribution in [2.45, 2.75) is 13.0 Å². The monoisotopic (exact) mass is 384 g/mol. The molecule has 1 aromatic heterocycles. The number of halogens is 1. The molecule has 1 aliphatic heterocycles. The molecule has 0 atom stereocenters. The minimum atomic E-state index is -0.231. The molecule has 1 saturated heterocycles. The van der Waals surface area contributed by atoms with Gasteiger partial charge in [-0.25, -0.2) is 4.79 Å². The number of benzene rings is 2. The third-order valence-electron chi connectivity index (χ3n) is 4.98. The van der Waals surface area contributed by atoms with E-state index in [-0.39, 0.29) is 11.6 Å². The standard InChI is InChI=1S/C20H21ClN4O2/c21-16-4-1-14(2-5-16)13-24-7-9-25(10-8-24)19(26)12-15-3-6-17-18(11-15)23-20(27)22-17/h1-6,11H,7-10,12-13H2,(H2,22,23,27). The fourth-order valence-corrected chi connectivity index (χ4v) is 3.61. The summed E-state index contributed by atoms with van der Waals surface area (Å²) in [6, 6.07) is 13.5. The number of imidazole rings is 1. The molecule has 0 spiro atoms. The molecule has 2 aromatic carbocycles. The maximum Gasteiger partial charge on any atom is 0.323 e. The number of amides is 1. The molecule has 2 heterocycles. The van der Waals surface area contributed by atoms with E-state index in [0.29, 0.717) is 6.42 Å². The van der Waals surface area contributed by atoms with Crippen molar-refractivity contribution in [3.63, 3.8) is 0 Å². The molecule has 0 bridgehead atoms. The number of H-pyrrole nitrogens is 2. The van der Waals surface area contributed by atoms with Crippen molar-refractivity contribution in [2.75, 3.05) is 26.2 Å². The zero-order valence-electron chi connectivity index (χ0n) is 14.9. The van der Waals surface area contributed by atoms with Gasteiger partial charge in [-0.3, -0.25) is 9.69 Å². The Hall–Kier alpha value is -2.57. The summed E-state index contributed by atoms with van der Waals surface area (Å²) in [7, 11) is 0. The highest BCUT2D eigenvalue weighted by Gasteiger charge is 2.21. The van der Waals surface area contributed by atoms with E-state index in [2.05, 4.69) is 14.9 Å². The Bertz CT molecular complexity index is 1000. The van der Waals surface area contributed by atoms with Gasteiger partial charge in [0.25, 0.3) is 0 Å². The Morgan fingerprint density at radius 1 is 0.926 bits per heavy atom. The topological polar surface area (TPSA) is 72.2 Å². The first-order chi connectivity index (χ1) is 13.1. The summed E-state index contributed by atoms with van der Waals surface area (Å²) >= 11 is 5.93. The van der Waals surface area contributed by atoms with Crippen LogP contribution in [0.1, 0.15) is 11.1 Å². The Labute approximate surface area is 161 Å². The average Bonchev–Trinajstić information content (AvgIpc) is 3.03. The maximum atomic E-state index is 12.6. The molecule has 7 heteroatoms. The van der Waals surface area contributed by atoms with Crippen molar-refractivity contribution in [3.05, 3.63) is 69.1 Å². The van der Waals surface area contributed by atoms with Crippen LogP contribution < -0.4 is 5.69 Å². The van der Waals surface area contributed by atoms with E-state index in [1.165, 1.54) is 5.56 Å². The summed E-state index contributed by atoms with van der Waals surface area (Å²) in [5, 5.41) is 0.746. The van der Waals surface area contributed by atoms with Crippen LogP contribution in [0.4, 0.5) is 0 Å². The van der Waals surface area contributed by atoms with Crippen LogP contribution in [0.25, 0.3) is 11.0 Å². The van der Waals surface area contributed by atoms with Crippen LogP contribution in [-0.2, 0) is 17.8 Å². The average molecular weight is 385 g/mol. The third kappa shape index (κ3) is 4.23. The predicted octanol–water partition coefficient (Wildman–Crippen LogP) is 2.40. The SMILES string of the molecule is O=C(Cc1ccc2[nH]c(=O)[nH]c2c1)N1CCN(Cc2ccc(Cl)cc2)CC1. The number of aromatic amines is 2. The number of nitrogens with zero attached hydrogens (tertiary/aromatic N) is 2. The lowest BCUT2D eigenvalue weighted by Crippen LogP contribution is -2.48. The van der Waals surface area contributed by atoms with Gasteiger partial charge in [0.1, 0.15) is 0 Å².